The average molecular weight is 311 g/mol. The van der Waals surface area contributed by atoms with Gasteiger partial charge in [-0.25, -0.2) is 14.2 Å². The second-order valence-corrected chi connectivity index (χ2v) is 6.39. The SMILES string of the molecule is CC(C)(C)OC(=O)N1CCC(Nc2ncc(CO)cc2F)C1. The number of carbonyl (C=O) groups excluding carboxylic acids is 1. The van der Waals surface area contributed by atoms with Crippen LogP contribution in [0.25, 0.3) is 0 Å². The molecule has 2 rings (SSSR count). The number of halogens is 1. The lowest BCUT2D eigenvalue weighted by Gasteiger charge is -2.24. The van der Waals surface area contributed by atoms with Crippen LogP contribution in [0.1, 0.15) is 32.8 Å². The van der Waals surface area contributed by atoms with Crippen LogP contribution < -0.4 is 5.32 Å². The summed E-state index contributed by atoms with van der Waals surface area (Å²) in [6.45, 7) is 6.21. The molecule has 0 spiro atoms. The van der Waals surface area contributed by atoms with Gasteiger partial charge in [-0.05, 0) is 38.8 Å². The summed E-state index contributed by atoms with van der Waals surface area (Å²) >= 11 is 0. The van der Waals surface area contributed by atoms with Gasteiger partial charge >= 0.3 is 6.09 Å². The van der Waals surface area contributed by atoms with Crippen molar-refractivity contribution in [2.24, 2.45) is 0 Å². The predicted molar refractivity (Wildman–Crippen MR) is 80.0 cm³/mol. The summed E-state index contributed by atoms with van der Waals surface area (Å²) in [5.74, 6) is -0.379. The molecule has 0 aromatic carbocycles. The molecule has 0 aliphatic carbocycles. The number of carbonyl (C=O) groups is 1. The minimum absolute atomic E-state index is 0.0745. The number of ether oxygens (including phenoxy) is 1. The highest BCUT2D eigenvalue weighted by atomic mass is 19.1. The number of rotatable bonds is 3. The van der Waals surface area contributed by atoms with Crippen molar-refractivity contribution in [2.75, 3.05) is 18.4 Å². The molecule has 1 aromatic rings. The summed E-state index contributed by atoms with van der Waals surface area (Å²) in [6.07, 6.45) is 1.76. The average Bonchev–Trinajstić information content (AvgIpc) is 2.88. The van der Waals surface area contributed by atoms with Crippen molar-refractivity contribution >= 4 is 11.9 Å². The van der Waals surface area contributed by atoms with E-state index in [0.717, 1.165) is 0 Å². The summed E-state index contributed by atoms with van der Waals surface area (Å²) in [6, 6.07) is 1.17. The summed E-state index contributed by atoms with van der Waals surface area (Å²) in [7, 11) is 0. The van der Waals surface area contributed by atoms with Crippen molar-refractivity contribution in [2.45, 2.75) is 45.4 Å². The van der Waals surface area contributed by atoms with Crippen LogP contribution in [0.4, 0.5) is 15.0 Å². The highest BCUT2D eigenvalue weighted by molar-refractivity contribution is 5.68. The van der Waals surface area contributed by atoms with Gasteiger partial charge in [-0.2, -0.15) is 0 Å². The van der Waals surface area contributed by atoms with Gasteiger partial charge in [0.2, 0.25) is 0 Å². The van der Waals surface area contributed by atoms with E-state index < -0.39 is 11.4 Å². The van der Waals surface area contributed by atoms with E-state index in [1.165, 1.54) is 12.3 Å². The van der Waals surface area contributed by atoms with Crippen LogP contribution in [0, 0.1) is 5.82 Å². The lowest BCUT2D eigenvalue weighted by Crippen LogP contribution is -2.36. The number of aliphatic hydroxyl groups is 1. The third-order valence-electron chi connectivity index (χ3n) is 3.26. The molecule has 0 bridgehead atoms. The first-order valence-electron chi connectivity index (χ1n) is 7.28. The molecule has 2 N–H and O–H groups in total. The second kappa shape index (κ2) is 6.48. The maximum atomic E-state index is 13.8. The van der Waals surface area contributed by atoms with Crippen molar-refractivity contribution < 1.29 is 19.0 Å². The highest BCUT2D eigenvalue weighted by Gasteiger charge is 2.30. The molecule has 1 aromatic heterocycles. The van der Waals surface area contributed by atoms with Gasteiger partial charge in [0.05, 0.1) is 6.61 Å². The lowest BCUT2D eigenvalue weighted by molar-refractivity contribution is 0.0293. The minimum atomic E-state index is -0.531. The summed E-state index contributed by atoms with van der Waals surface area (Å²) < 4.78 is 19.1. The van der Waals surface area contributed by atoms with E-state index in [-0.39, 0.29) is 24.6 Å². The van der Waals surface area contributed by atoms with E-state index in [2.05, 4.69) is 10.3 Å². The number of amides is 1. The molecule has 1 aliphatic heterocycles. The Balaban J connectivity index is 1.92. The first-order valence-corrected chi connectivity index (χ1v) is 7.28. The van der Waals surface area contributed by atoms with E-state index in [4.69, 9.17) is 9.84 Å². The lowest BCUT2D eigenvalue weighted by atomic mass is 10.2. The van der Waals surface area contributed by atoms with Gasteiger partial charge in [0.1, 0.15) is 5.60 Å². The van der Waals surface area contributed by atoms with Crippen LogP contribution in [-0.4, -0.2) is 45.8 Å². The van der Waals surface area contributed by atoms with Crippen LogP contribution >= 0.6 is 0 Å². The number of nitrogens with zero attached hydrogens (tertiary/aromatic N) is 2. The van der Waals surface area contributed by atoms with Crippen molar-refractivity contribution in [3.63, 3.8) is 0 Å². The molecule has 122 valence electrons. The van der Waals surface area contributed by atoms with Gasteiger partial charge in [0, 0.05) is 25.3 Å². The number of hydrogen-bond acceptors (Lipinski definition) is 5. The number of nitrogens with one attached hydrogen (secondary N) is 1. The smallest absolute Gasteiger partial charge is 0.410 e. The van der Waals surface area contributed by atoms with Crippen LogP contribution in [0.15, 0.2) is 12.3 Å². The number of anilines is 1. The van der Waals surface area contributed by atoms with Crippen LogP contribution in [-0.2, 0) is 11.3 Å². The Kier molecular flexibility index (Phi) is 4.85. The second-order valence-electron chi connectivity index (χ2n) is 6.39. The summed E-state index contributed by atoms with van der Waals surface area (Å²) in [5, 5.41) is 11.9. The number of pyridine rings is 1. The van der Waals surface area contributed by atoms with Gasteiger partial charge in [0.15, 0.2) is 11.6 Å². The highest BCUT2D eigenvalue weighted by Crippen LogP contribution is 2.19. The maximum absolute atomic E-state index is 13.8. The molecule has 22 heavy (non-hydrogen) atoms. The Morgan fingerprint density at radius 1 is 1.59 bits per heavy atom. The van der Waals surface area contributed by atoms with Crippen molar-refractivity contribution in [1.82, 2.24) is 9.88 Å². The maximum Gasteiger partial charge on any atom is 0.410 e. The van der Waals surface area contributed by atoms with E-state index in [1.54, 1.807) is 4.90 Å². The van der Waals surface area contributed by atoms with Gasteiger partial charge < -0.3 is 20.1 Å². The number of aromatic nitrogens is 1. The normalized spacial score (nSPS) is 18.4. The molecule has 0 radical (unpaired) electrons. The number of hydrogen-bond donors (Lipinski definition) is 2. The molecule has 2 heterocycles. The molecule has 1 unspecified atom stereocenters. The first kappa shape index (κ1) is 16.5. The zero-order valence-corrected chi connectivity index (χ0v) is 13.1. The first-order chi connectivity index (χ1) is 10.3. The Bertz CT molecular complexity index is 545. The van der Waals surface area contributed by atoms with Crippen molar-refractivity contribution in [3.05, 3.63) is 23.6 Å². The Morgan fingerprint density at radius 3 is 2.91 bits per heavy atom. The van der Waals surface area contributed by atoms with Gasteiger partial charge in [-0.3, -0.25) is 0 Å². The van der Waals surface area contributed by atoms with Crippen LogP contribution in [0.3, 0.4) is 0 Å². The standard InChI is InChI=1S/C15H22FN3O3/c1-15(2,3)22-14(21)19-5-4-11(8-19)18-13-12(16)6-10(9-20)7-17-13/h6-7,11,20H,4-5,8-9H2,1-3H3,(H,17,18). The molecule has 0 saturated carbocycles. The monoisotopic (exact) mass is 311 g/mol. The summed E-state index contributed by atoms with van der Waals surface area (Å²) in [4.78, 5) is 17.5. The zero-order valence-electron chi connectivity index (χ0n) is 13.1. The molecular weight excluding hydrogens is 289 g/mol. The third-order valence-corrected chi connectivity index (χ3v) is 3.26. The summed E-state index contributed by atoms with van der Waals surface area (Å²) in [5.41, 5.74) is -0.110. The Hall–Kier alpha value is -1.89. The molecule has 7 heteroatoms. The van der Waals surface area contributed by atoms with Gasteiger partial charge in [-0.1, -0.05) is 0 Å². The van der Waals surface area contributed by atoms with E-state index in [0.29, 0.717) is 25.1 Å². The van der Waals surface area contributed by atoms with Crippen molar-refractivity contribution in [3.8, 4) is 0 Å². The fraction of sp³-hybridized carbons (Fsp3) is 0.600. The topological polar surface area (TPSA) is 74.7 Å². The van der Waals surface area contributed by atoms with Crippen LogP contribution in [0.2, 0.25) is 0 Å². The molecule has 1 atom stereocenters. The molecule has 1 amide bonds. The quantitative estimate of drug-likeness (QED) is 0.894. The van der Waals surface area contributed by atoms with E-state index in [9.17, 15) is 9.18 Å². The Morgan fingerprint density at radius 2 is 2.32 bits per heavy atom. The predicted octanol–water partition coefficient (Wildman–Crippen LogP) is 2.13. The molecule has 6 nitrogen and oxygen atoms in total. The largest absolute Gasteiger partial charge is 0.444 e. The molecule has 1 aliphatic rings. The third kappa shape index (κ3) is 4.30. The number of likely N-dealkylation sites (tertiary alicyclic amines) is 1. The van der Waals surface area contributed by atoms with E-state index >= 15 is 0 Å². The molecule has 1 fully saturated rings. The molecular formula is C15H22FN3O3. The van der Waals surface area contributed by atoms with Crippen LogP contribution in [0.5, 0.6) is 0 Å². The van der Waals surface area contributed by atoms with Crippen molar-refractivity contribution in [1.29, 1.82) is 0 Å². The fourth-order valence-electron chi connectivity index (χ4n) is 2.23. The van der Waals surface area contributed by atoms with Gasteiger partial charge in [0.25, 0.3) is 0 Å². The minimum Gasteiger partial charge on any atom is -0.444 e. The van der Waals surface area contributed by atoms with E-state index in [1.807, 2.05) is 20.8 Å². The van der Waals surface area contributed by atoms with Gasteiger partial charge in [-0.15, -0.1) is 0 Å². The Labute approximate surface area is 129 Å². The number of aliphatic hydroxyl groups excluding tert-OH is 1. The zero-order chi connectivity index (χ0) is 16.3. The molecule has 1 saturated heterocycles. The fourth-order valence-corrected chi connectivity index (χ4v) is 2.23.